The van der Waals surface area contributed by atoms with Crippen LogP contribution in [0.1, 0.15) is 34.1 Å². The van der Waals surface area contributed by atoms with Crippen LogP contribution >= 0.6 is 0 Å². The van der Waals surface area contributed by atoms with E-state index in [9.17, 15) is 9.59 Å². The first-order valence-corrected chi connectivity index (χ1v) is 5.21. The number of ketones is 1. The molecule has 0 aromatic rings. The first kappa shape index (κ1) is 11.2. The molecule has 0 unspecified atom stereocenters. The Hall–Kier alpha value is -0.860. The standard InChI is InChI=1S/C11H19NO2/c1-7(2)10-5-11(8(3)13)12(6-10)9(4)14/h7,10-11H,5-6H2,1-4H3/t10-,11+/m1/s1. The second kappa shape index (κ2) is 4.11. The molecule has 0 radical (unpaired) electrons. The lowest BCUT2D eigenvalue weighted by molar-refractivity contribution is -0.135. The Bertz CT molecular complexity index is 226. The van der Waals surface area contributed by atoms with E-state index in [1.807, 2.05) is 0 Å². The maximum absolute atomic E-state index is 11.3. The van der Waals surface area contributed by atoms with Crippen LogP contribution in [0.2, 0.25) is 0 Å². The average molecular weight is 197 g/mol. The number of likely N-dealkylation sites (tertiary alicyclic amines) is 1. The minimum Gasteiger partial charge on any atom is -0.333 e. The lowest BCUT2D eigenvalue weighted by Crippen LogP contribution is -2.38. The lowest BCUT2D eigenvalue weighted by atomic mass is 9.93. The highest BCUT2D eigenvalue weighted by atomic mass is 16.2. The third-order valence-corrected chi connectivity index (χ3v) is 3.15. The molecule has 14 heavy (non-hydrogen) atoms. The second-order valence-electron chi connectivity index (χ2n) is 4.54. The van der Waals surface area contributed by atoms with Gasteiger partial charge in [-0.25, -0.2) is 0 Å². The molecule has 1 heterocycles. The molecular weight excluding hydrogens is 178 g/mol. The molecule has 0 spiro atoms. The van der Waals surface area contributed by atoms with Crippen molar-refractivity contribution in [1.82, 2.24) is 4.90 Å². The maximum Gasteiger partial charge on any atom is 0.220 e. The Balaban J connectivity index is 2.75. The van der Waals surface area contributed by atoms with Crippen LogP contribution in [-0.2, 0) is 9.59 Å². The molecule has 1 aliphatic heterocycles. The van der Waals surface area contributed by atoms with Gasteiger partial charge < -0.3 is 4.90 Å². The molecule has 0 bridgehead atoms. The van der Waals surface area contributed by atoms with E-state index in [0.29, 0.717) is 11.8 Å². The molecule has 2 atom stereocenters. The molecule has 0 saturated carbocycles. The van der Waals surface area contributed by atoms with Crippen molar-refractivity contribution < 1.29 is 9.59 Å². The molecule has 1 fully saturated rings. The van der Waals surface area contributed by atoms with E-state index < -0.39 is 0 Å². The molecule has 0 aromatic heterocycles. The Morgan fingerprint density at radius 3 is 2.14 bits per heavy atom. The average Bonchev–Trinajstić information content (AvgIpc) is 2.47. The van der Waals surface area contributed by atoms with Gasteiger partial charge in [-0.1, -0.05) is 13.8 Å². The van der Waals surface area contributed by atoms with Gasteiger partial charge in [-0.05, 0) is 25.2 Å². The Morgan fingerprint density at radius 1 is 1.29 bits per heavy atom. The fourth-order valence-corrected chi connectivity index (χ4v) is 2.08. The number of carbonyl (C=O) groups excluding carboxylic acids is 2. The summed E-state index contributed by atoms with van der Waals surface area (Å²) in [6.07, 6.45) is 0.840. The van der Waals surface area contributed by atoms with Gasteiger partial charge in [0.15, 0.2) is 5.78 Å². The van der Waals surface area contributed by atoms with E-state index in [2.05, 4.69) is 13.8 Å². The smallest absolute Gasteiger partial charge is 0.220 e. The van der Waals surface area contributed by atoms with Gasteiger partial charge >= 0.3 is 0 Å². The van der Waals surface area contributed by atoms with Crippen molar-refractivity contribution in [3.63, 3.8) is 0 Å². The monoisotopic (exact) mass is 197 g/mol. The maximum atomic E-state index is 11.3. The van der Waals surface area contributed by atoms with Crippen molar-refractivity contribution in [2.75, 3.05) is 6.54 Å². The van der Waals surface area contributed by atoms with Crippen LogP contribution in [0.3, 0.4) is 0 Å². The number of amides is 1. The first-order valence-electron chi connectivity index (χ1n) is 5.21. The van der Waals surface area contributed by atoms with Gasteiger partial charge in [0.05, 0.1) is 6.04 Å². The van der Waals surface area contributed by atoms with Gasteiger partial charge in [0.25, 0.3) is 0 Å². The summed E-state index contributed by atoms with van der Waals surface area (Å²) < 4.78 is 0. The fraction of sp³-hybridized carbons (Fsp3) is 0.818. The molecule has 1 rings (SSSR count). The number of carbonyl (C=O) groups is 2. The van der Waals surface area contributed by atoms with Crippen molar-refractivity contribution >= 4 is 11.7 Å². The number of nitrogens with zero attached hydrogens (tertiary/aromatic N) is 1. The number of Topliss-reactive ketones (excluding diaryl/α,β-unsaturated/α-hetero) is 1. The third-order valence-electron chi connectivity index (χ3n) is 3.15. The van der Waals surface area contributed by atoms with Crippen LogP contribution in [0.25, 0.3) is 0 Å². The summed E-state index contributed by atoms with van der Waals surface area (Å²) >= 11 is 0. The van der Waals surface area contributed by atoms with E-state index >= 15 is 0 Å². The largest absolute Gasteiger partial charge is 0.333 e. The van der Waals surface area contributed by atoms with Gasteiger partial charge in [0.2, 0.25) is 5.91 Å². The highest BCUT2D eigenvalue weighted by Gasteiger charge is 2.37. The Kier molecular flexibility index (Phi) is 3.29. The number of rotatable bonds is 2. The molecule has 80 valence electrons. The van der Waals surface area contributed by atoms with E-state index in [0.717, 1.165) is 13.0 Å². The molecule has 1 saturated heterocycles. The van der Waals surface area contributed by atoms with Crippen LogP contribution < -0.4 is 0 Å². The van der Waals surface area contributed by atoms with E-state index in [1.54, 1.807) is 18.7 Å². The summed E-state index contributed by atoms with van der Waals surface area (Å²) in [4.78, 5) is 24.4. The summed E-state index contributed by atoms with van der Waals surface area (Å²) in [5.74, 6) is 1.16. The molecule has 0 N–H and O–H groups in total. The van der Waals surface area contributed by atoms with Gasteiger partial charge in [0.1, 0.15) is 0 Å². The zero-order valence-electron chi connectivity index (χ0n) is 9.41. The van der Waals surface area contributed by atoms with E-state index in [4.69, 9.17) is 0 Å². The van der Waals surface area contributed by atoms with Crippen LogP contribution in [0.4, 0.5) is 0 Å². The Morgan fingerprint density at radius 2 is 1.86 bits per heavy atom. The van der Waals surface area contributed by atoms with Crippen molar-refractivity contribution in [3.8, 4) is 0 Å². The SMILES string of the molecule is CC(=O)[C@@H]1C[C@@H](C(C)C)CN1C(C)=O. The van der Waals surface area contributed by atoms with Gasteiger partial charge in [-0.3, -0.25) is 9.59 Å². The van der Waals surface area contributed by atoms with Crippen LogP contribution in [0, 0.1) is 11.8 Å². The van der Waals surface area contributed by atoms with Gasteiger partial charge in [-0.2, -0.15) is 0 Å². The molecule has 3 heteroatoms. The Labute approximate surface area is 85.5 Å². The lowest BCUT2D eigenvalue weighted by Gasteiger charge is -2.20. The summed E-state index contributed by atoms with van der Waals surface area (Å²) in [6.45, 7) is 8.15. The minimum absolute atomic E-state index is 0.0216. The van der Waals surface area contributed by atoms with Gasteiger partial charge in [0, 0.05) is 13.5 Å². The predicted octanol–water partition coefficient (Wildman–Crippen LogP) is 1.47. The van der Waals surface area contributed by atoms with Gasteiger partial charge in [-0.15, -0.1) is 0 Å². The molecule has 3 nitrogen and oxygen atoms in total. The normalized spacial score (nSPS) is 27.1. The molecule has 0 aromatic carbocycles. The predicted molar refractivity (Wildman–Crippen MR) is 54.8 cm³/mol. The van der Waals surface area contributed by atoms with Crippen LogP contribution in [0.15, 0.2) is 0 Å². The highest BCUT2D eigenvalue weighted by molar-refractivity contribution is 5.87. The zero-order valence-corrected chi connectivity index (χ0v) is 9.41. The van der Waals surface area contributed by atoms with Crippen LogP contribution in [0.5, 0.6) is 0 Å². The van der Waals surface area contributed by atoms with Crippen LogP contribution in [-0.4, -0.2) is 29.2 Å². The molecule has 1 amide bonds. The quantitative estimate of drug-likeness (QED) is 0.672. The van der Waals surface area contributed by atoms with E-state index in [-0.39, 0.29) is 17.7 Å². The number of hydrogen-bond acceptors (Lipinski definition) is 2. The highest BCUT2D eigenvalue weighted by Crippen LogP contribution is 2.29. The second-order valence-corrected chi connectivity index (χ2v) is 4.54. The summed E-state index contributed by atoms with van der Waals surface area (Å²) in [6, 6.07) is -0.167. The molecule has 0 aliphatic carbocycles. The fourth-order valence-electron chi connectivity index (χ4n) is 2.08. The summed E-state index contributed by atoms with van der Waals surface area (Å²) in [5, 5.41) is 0. The third kappa shape index (κ3) is 2.14. The van der Waals surface area contributed by atoms with Crippen molar-refractivity contribution in [1.29, 1.82) is 0 Å². The van der Waals surface area contributed by atoms with E-state index in [1.165, 1.54) is 0 Å². The molecule has 1 aliphatic rings. The first-order chi connectivity index (χ1) is 6.43. The zero-order chi connectivity index (χ0) is 10.9. The van der Waals surface area contributed by atoms with Crippen molar-refractivity contribution in [3.05, 3.63) is 0 Å². The van der Waals surface area contributed by atoms with Crippen molar-refractivity contribution in [2.45, 2.75) is 40.2 Å². The minimum atomic E-state index is -0.167. The molecular formula is C11H19NO2. The topological polar surface area (TPSA) is 37.4 Å². The van der Waals surface area contributed by atoms with Crippen molar-refractivity contribution in [2.24, 2.45) is 11.8 Å². The summed E-state index contributed by atoms with van der Waals surface area (Å²) in [7, 11) is 0. The number of hydrogen-bond donors (Lipinski definition) is 0. The summed E-state index contributed by atoms with van der Waals surface area (Å²) in [5.41, 5.74) is 0.